The molecule has 1 fully saturated rings. The van der Waals surface area contributed by atoms with Crippen molar-refractivity contribution in [1.82, 2.24) is 4.90 Å². The molecule has 2 aromatic carbocycles. The minimum atomic E-state index is 0.132. The Morgan fingerprint density at radius 1 is 1.12 bits per heavy atom. The molecule has 1 aliphatic heterocycles. The molecule has 1 aliphatic rings. The second-order valence-corrected chi connectivity index (χ2v) is 7.03. The first kappa shape index (κ1) is 18.5. The van der Waals surface area contributed by atoms with Crippen molar-refractivity contribution in [2.45, 2.75) is 26.1 Å². The van der Waals surface area contributed by atoms with E-state index in [1.165, 1.54) is 12.0 Å². The predicted octanol–water partition coefficient (Wildman–Crippen LogP) is 5.36. The van der Waals surface area contributed by atoms with Gasteiger partial charge in [0.15, 0.2) is 0 Å². The first-order valence-corrected chi connectivity index (χ1v) is 9.42. The summed E-state index contributed by atoms with van der Waals surface area (Å²) in [5.41, 5.74) is 1.99. The lowest BCUT2D eigenvalue weighted by atomic mass is 10.1. The van der Waals surface area contributed by atoms with E-state index in [4.69, 9.17) is 32.7 Å². The van der Waals surface area contributed by atoms with Gasteiger partial charge in [-0.3, -0.25) is 4.90 Å². The van der Waals surface area contributed by atoms with E-state index in [2.05, 4.69) is 24.0 Å². The van der Waals surface area contributed by atoms with Crippen LogP contribution in [0.3, 0.4) is 0 Å². The Hall–Kier alpha value is -1.26. The van der Waals surface area contributed by atoms with Crippen molar-refractivity contribution in [3.63, 3.8) is 0 Å². The SMILES string of the molecule is CCCN1CCOC(c2ccc(OCc3c(Cl)cccc3Cl)cc2)C1. The fourth-order valence-electron chi connectivity index (χ4n) is 3.03. The number of morpholine rings is 1. The maximum Gasteiger partial charge on any atom is 0.119 e. The molecule has 1 heterocycles. The van der Waals surface area contributed by atoms with E-state index in [1.807, 2.05) is 30.3 Å². The third-order valence-corrected chi connectivity index (χ3v) is 5.10. The zero-order chi connectivity index (χ0) is 17.6. The van der Waals surface area contributed by atoms with E-state index in [-0.39, 0.29) is 6.10 Å². The Balaban J connectivity index is 1.60. The van der Waals surface area contributed by atoms with Gasteiger partial charge in [-0.25, -0.2) is 0 Å². The highest BCUT2D eigenvalue weighted by Crippen LogP contribution is 2.27. The van der Waals surface area contributed by atoms with Crippen LogP contribution in [0.15, 0.2) is 42.5 Å². The minimum Gasteiger partial charge on any atom is -0.489 e. The fraction of sp³-hybridized carbons (Fsp3) is 0.400. The number of benzene rings is 2. The molecule has 0 aromatic heterocycles. The first-order chi connectivity index (χ1) is 12.2. The van der Waals surface area contributed by atoms with Crippen molar-refractivity contribution in [3.05, 3.63) is 63.6 Å². The molecule has 0 aliphatic carbocycles. The monoisotopic (exact) mass is 379 g/mol. The normalized spacial score (nSPS) is 18.3. The summed E-state index contributed by atoms with van der Waals surface area (Å²) < 4.78 is 11.8. The van der Waals surface area contributed by atoms with E-state index >= 15 is 0 Å². The van der Waals surface area contributed by atoms with Crippen molar-refractivity contribution >= 4 is 23.2 Å². The van der Waals surface area contributed by atoms with Crippen LogP contribution in [0, 0.1) is 0 Å². The largest absolute Gasteiger partial charge is 0.489 e. The molecular formula is C20H23Cl2NO2. The minimum absolute atomic E-state index is 0.132. The van der Waals surface area contributed by atoms with Gasteiger partial charge in [0.1, 0.15) is 12.4 Å². The molecule has 3 rings (SSSR count). The van der Waals surface area contributed by atoms with E-state index in [1.54, 1.807) is 0 Å². The zero-order valence-electron chi connectivity index (χ0n) is 14.4. The third kappa shape index (κ3) is 4.89. The molecule has 0 saturated carbocycles. The van der Waals surface area contributed by atoms with Crippen LogP contribution in [0.2, 0.25) is 10.0 Å². The summed E-state index contributed by atoms with van der Waals surface area (Å²) >= 11 is 12.4. The Morgan fingerprint density at radius 3 is 2.52 bits per heavy atom. The van der Waals surface area contributed by atoms with Crippen LogP contribution in [-0.2, 0) is 11.3 Å². The van der Waals surface area contributed by atoms with E-state index < -0.39 is 0 Å². The second kappa shape index (κ2) is 8.91. The van der Waals surface area contributed by atoms with Gasteiger partial charge in [0.2, 0.25) is 0 Å². The molecule has 1 saturated heterocycles. The van der Waals surface area contributed by atoms with Crippen molar-refractivity contribution < 1.29 is 9.47 Å². The maximum absolute atomic E-state index is 6.18. The molecule has 1 atom stereocenters. The average molecular weight is 380 g/mol. The Kier molecular flexibility index (Phi) is 6.60. The molecule has 134 valence electrons. The van der Waals surface area contributed by atoms with Gasteiger partial charge in [0, 0.05) is 28.7 Å². The molecule has 25 heavy (non-hydrogen) atoms. The molecule has 0 radical (unpaired) electrons. The topological polar surface area (TPSA) is 21.7 Å². The molecule has 5 heteroatoms. The Labute approximate surface area is 159 Å². The fourth-order valence-corrected chi connectivity index (χ4v) is 3.53. The van der Waals surface area contributed by atoms with Crippen LogP contribution in [0.25, 0.3) is 0 Å². The number of ether oxygens (including phenoxy) is 2. The lowest BCUT2D eigenvalue weighted by molar-refractivity contribution is -0.0298. The summed E-state index contributed by atoms with van der Waals surface area (Å²) in [7, 11) is 0. The lowest BCUT2D eigenvalue weighted by Crippen LogP contribution is -2.38. The molecule has 2 aromatic rings. The van der Waals surface area contributed by atoms with Crippen molar-refractivity contribution in [3.8, 4) is 5.75 Å². The smallest absolute Gasteiger partial charge is 0.119 e. The van der Waals surface area contributed by atoms with Crippen LogP contribution in [0.4, 0.5) is 0 Å². The zero-order valence-corrected chi connectivity index (χ0v) is 15.9. The molecule has 1 unspecified atom stereocenters. The molecule has 0 bridgehead atoms. The summed E-state index contributed by atoms with van der Waals surface area (Å²) in [6, 6.07) is 13.6. The third-order valence-electron chi connectivity index (χ3n) is 4.39. The molecule has 0 spiro atoms. The van der Waals surface area contributed by atoms with Gasteiger partial charge < -0.3 is 9.47 Å². The van der Waals surface area contributed by atoms with Gasteiger partial charge in [-0.05, 0) is 42.8 Å². The number of nitrogens with zero attached hydrogens (tertiary/aromatic N) is 1. The highest BCUT2D eigenvalue weighted by atomic mass is 35.5. The second-order valence-electron chi connectivity index (χ2n) is 6.22. The summed E-state index contributed by atoms with van der Waals surface area (Å²) in [5, 5.41) is 1.24. The highest BCUT2D eigenvalue weighted by molar-refractivity contribution is 6.35. The molecule has 3 nitrogen and oxygen atoms in total. The Bertz CT molecular complexity index is 668. The van der Waals surface area contributed by atoms with Crippen LogP contribution in [0.1, 0.15) is 30.6 Å². The van der Waals surface area contributed by atoms with Crippen LogP contribution in [-0.4, -0.2) is 31.1 Å². The van der Waals surface area contributed by atoms with Crippen LogP contribution >= 0.6 is 23.2 Å². The molecular weight excluding hydrogens is 357 g/mol. The molecule has 0 amide bonds. The number of halogens is 2. The van der Waals surface area contributed by atoms with Gasteiger partial charge in [-0.2, -0.15) is 0 Å². The first-order valence-electron chi connectivity index (χ1n) is 8.67. The quantitative estimate of drug-likeness (QED) is 0.674. The van der Waals surface area contributed by atoms with Gasteiger partial charge in [0.05, 0.1) is 12.7 Å². The Morgan fingerprint density at radius 2 is 1.84 bits per heavy atom. The van der Waals surface area contributed by atoms with E-state index in [0.717, 1.165) is 37.6 Å². The summed E-state index contributed by atoms with van der Waals surface area (Å²) in [4.78, 5) is 2.46. The standard InChI is InChI=1S/C20H23Cl2NO2/c1-2-10-23-11-12-24-20(13-23)15-6-8-16(9-7-15)25-14-17-18(21)4-3-5-19(17)22/h3-9,20H,2,10-14H2,1H3. The number of hydrogen-bond donors (Lipinski definition) is 0. The van der Waals surface area contributed by atoms with Gasteiger partial charge in [-0.1, -0.05) is 48.3 Å². The van der Waals surface area contributed by atoms with Crippen molar-refractivity contribution in [1.29, 1.82) is 0 Å². The van der Waals surface area contributed by atoms with Gasteiger partial charge in [-0.15, -0.1) is 0 Å². The van der Waals surface area contributed by atoms with E-state index in [0.29, 0.717) is 16.7 Å². The van der Waals surface area contributed by atoms with Crippen molar-refractivity contribution in [2.24, 2.45) is 0 Å². The summed E-state index contributed by atoms with van der Waals surface area (Å²) in [6.07, 6.45) is 1.30. The lowest BCUT2D eigenvalue weighted by Gasteiger charge is -2.33. The van der Waals surface area contributed by atoms with Crippen molar-refractivity contribution in [2.75, 3.05) is 26.2 Å². The van der Waals surface area contributed by atoms with Crippen LogP contribution < -0.4 is 4.74 Å². The number of rotatable bonds is 6. The summed E-state index contributed by atoms with van der Waals surface area (Å²) in [6.45, 7) is 6.44. The predicted molar refractivity (Wildman–Crippen MR) is 103 cm³/mol. The maximum atomic E-state index is 6.18. The van der Waals surface area contributed by atoms with E-state index in [9.17, 15) is 0 Å². The average Bonchev–Trinajstić information content (AvgIpc) is 2.62. The van der Waals surface area contributed by atoms with Gasteiger partial charge >= 0.3 is 0 Å². The van der Waals surface area contributed by atoms with Crippen LogP contribution in [0.5, 0.6) is 5.75 Å². The number of hydrogen-bond acceptors (Lipinski definition) is 3. The highest BCUT2D eigenvalue weighted by Gasteiger charge is 2.21. The summed E-state index contributed by atoms with van der Waals surface area (Å²) in [5.74, 6) is 0.793. The molecule has 0 N–H and O–H groups in total. The van der Waals surface area contributed by atoms with Gasteiger partial charge in [0.25, 0.3) is 0 Å².